The van der Waals surface area contributed by atoms with E-state index in [-0.39, 0.29) is 5.91 Å². The zero-order valence-electron chi connectivity index (χ0n) is 7.99. The number of rotatable bonds is 0. The summed E-state index contributed by atoms with van der Waals surface area (Å²) < 4.78 is 5.64. The lowest BCUT2D eigenvalue weighted by atomic mass is 10.2. The number of ether oxygens (including phenoxy) is 1. The van der Waals surface area contributed by atoms with E-state index in [2.05, 4.69) is 5.32 Å². The molecule has 2 heterocycles. The summed E-state index contributed by atoms with van der Waals surface area (Å²) in [7, 11) is 0. The van der Waals surface area contributed by atoms with Crippen LogP contribution in [-0.4, -0.2) is 5.91 Å². The number of thiophene rings is 1. The van der Waals surface area contributed by atoms with E-state index in [0.29, 0.717) is 22.1 Å². The molecule has 0 spiro atoms. The number of carbonyl (C=O) groups excluding carboxylic acids is 1. The van der Waals surface area contributed by atoms with Gasteiger partial charge in [-0.3, -0.25) is 4.79 Å². The third-order valence-electron chi connectivity index (χ3n) is 2.26. The van der Waals surface area contributed by atoms with Gasteiger partial charge in [-0.2, -0.15) is 0 Å². The standard InChI is InChI=1S/C11H6ClNO2S/c12-6-1-2-8-7(5-6)10(14)13-11-9(15-8)3-4-16-11/h1-5H,(H,13,14). The largest absolute Gasteiger partial charge is 0.453 e. The maximum absolute atomic E-state index is 11.9. The van der Waals surface area contributed by atoms with Crippen LogP contribution >= 0.6 is 22.9 Å². The summed E-state index contributed by atoms with van der Waals surface area (Å²) in [6.45, 7) is 0. The predicted molar refractivity (Wildman–Crippen MR) is 63.8 cm³/mol. The summed E-state index contributed by atoms with van der Waals surface area (Å²) >= 11 is 7.27. The van der Waals surface area contributed by atoms with Gasteiger partial charge in [0.2, 0.25) is 0 Å². The average Bonchev–Trinajstić information content (AvgIpc) is 2.63. The molecule has 0 radical (unpaired) electrons. The Morgan fingerprint density at radius 1 is 1.25 bits per heavy atom. The van der Waals surface area contributed by atoms with E-state index in [1.54, 1.807) is 18.2 Å². The third-order valence-corrected chi connectivity index (χ3v) is 3.31. The number of fused-ring (bicyclic) bond motifs is 2. The second-order valence-corrected chi connectivity index (χ2v) is 4.66. The van der Waals surface area contributed by atoms with Crippen LogP contribution in [-0.2, 0) is 0 Å². The fourth-order valence-corrected chi connectivity index (χ4v) is 2.40. The van der Waals surface area contributed by atoms with Gasteiger partial charge in [0.25, 0.3) is 5.91 Å². The molecule has 0 saturated heterocycles. The van der Waals surface area contributed by atoms with Crippen LogP contribution in [0.15, 0.2) is 29.6 Å². The monoisotopic (exact) mass is 251 g/mol. The van der Waals surface area contributed by atoms with E-state index in [1.165, 1.54) is 11.3 Å². The second-order valence-electron chi connectivity index (χ2n) is 3.31. The molecule has 1 N–H and O–H groups in total. The van der Waals surface area contributed by atoms with Crippen molar-refractivity contribution in [2.24, 2.45) is 0 Å². The maximum atomic E-state index is 11.9. The second kappa shape index (κ2) is 3.50. The molecule has 2 aromatic rings. The van der Waals surface area contributed by atoms with Gasteiger partial charge in [-0.05, 0) is 29.6 Å². The summed E-state index contributed by atoms with van der Waals surface area (Å²) in [6.07, 6.45) is 0. The first-order chi connectivity index (χ1) is 7.74. The summed E-state index contributed by atoms with van der Waals surface area (Å²) in [5, 5.41) is 5.88. The Balaban J connectivity index is 2.18. The van der Waals surface area contributed by atoms with Crippen molar-refractivity contribution < 1.29 is 9.53 Å². The first-order valence-corrected chi connectivity index (χ1v) is 5.86. The van der Waals surface area contributed by atoms with Gasteiger partial charge in [0.05, 0.1) is 5.56 Å². The molecule has 1 aromatic carbocycles. The van der Waals surface area contributed by atoms with E-state index < -0.39 is 0 Å². The van der Waals surface area contributed by atoms with E-state index in [4.69, 9.17) is 16.3 Å². The van der Waals surface area contributed by atoms with Crippen molar-refractivity contribution in [3.63, 3.8) is 0 Å². The Bertz CT molecular complexity index is 579. The Morgan fingerprint density at radius 2 is 2.12 bits per heavy atom. The molecule has 0 aliphatic carbocycles. The first-order valence-electron chi connectivity index (χ1n) is 4.60. The van der Waals surface area contributed by atoms with Crippen molar-refractivity contribution in [3.05, 3.63) is 40.2 Å². The van der Waals surface area contributed by atoms with Gasteiger partial charge >= 0.3 is 0 Å². The highest BCUT2D eigenvalue weighted by molar-refractivity contribution is 7.14. The highest BCUT2D eigenvalue weighted by atomic mass is 35.5. The lowest BCUT2D eigenvalue weighted by Gasteiger charge is -2.04. The average molecular weight is 252 g/mol. The Morgan fingerprint density at radius 3 is 3.00 bits per heavy atom. The number of nitrogens with one attached hydrogen (secondary N) is 1. The van der Waals surface area contributed by atoms with E-state index in [9.17, 15) is 4.79 Å². The van der Waals surface area contributed by atoms with Gasteiger partial charge < -0.3 is 10.1 Å². The zero-order chi connectivity index (χ0) is 11.1. The number of hydrogen-bond acceptors (Lipinski definition) is 3. The van der Waals surface area contributed by atoms with Gasteiger partial charge in [0, 0.05) is 5.02 Å². The van der Waals surface area contributed by atoms with Crippen LogP contribution in [0.25, 0.3) is 0 Å². The minimum atomic E-state index is -0.196. The van der Waals surface area contributed by atoms with Crippen molar-refractivity contribution in [1.29, 1.82) is 0 Å². The molecule has 16 heavy (non-hydrogen) atoms. The molecule has 80 valence electrons. The van der Waals surface area contributed by atoms with Gasteiger partial charge in [-0.1, -0.05) is 11.6 Å². The minimum Gasteiger partial charge on any atom is -0.453 e. The first kappa shape index (κ1) is 9.69. The molecule has 0 fully saturated rings. The van der Waals surface area contributed by atoms with Crippen LogP contribution in [0.1, 0.15) is 10.4 Å². The van der Waals surface area contributed by atoms with Crippen LogP contribution in [0.5, 0.6) is 11.5 Å². The lowest BCUT2D eigenvalue weighted by Crippen LogP contribution is -2.09. The third kappa shape index (κ3) is 1.47. The zero-order valence-corrected chi connectivity index (χ0v) is 9.56. The fraction of sp³-hybridized carbons (Fsp3) is 0. The topological polar surface area (TPSA) is 38.3 Å². The maximum Gasteiger partial charge on any atom is 0.260 e. The van der Waals surface area contributed by atoms with Gasteiger partial charge in [0.1, 0.15) is 10.8 Å². The highest BCUT2D eigenvalue weighted by Crippen LogP contribution is 2.39. The van der Waals surface area contributed by atoms with Gasteiger partial charge in [0.15, 0.2) is 5.75 Å². The van der Waals surface area contributed by atoms with Crippen LogP contribution in [0.4, 0.5) is 5.00 Å². The molecule has 1 aliphatic rings. The highest BCUT2D eigenvalue weighted by Gasteiger charge is 2.21. The number of benzene rings is 1. The molecule has 1 amide bonds. The van der Waals surface area contributed by atoms with Gasteiger partial charge in [-0.25, -0.2) is 0 Å². The SMILES string of the molecule is O=C1Nc2sccc2Oc2ccc(Cl)cc21. The Labute approximate surface area is 101 Å². The molecular weight excluding hydrogens is 246 g/mol. The number of carbonyl (C=O) groups is 1. The minimum absolute atomic E-state index is 0.196. The van der Waals surface area contributed by atoms with Crippen LogP contribution in [0.3, 0.4) is 0 Å². The van der Waals surface area contributed by atoms with Crippen molar-refractivity contribution in [3.8, 4) is 11.5 Å². The van der Waals surface area contributed by atoms with Crippen LogP contribution < -0.4 is 10.1 Å². The number of amides is 1. The predicted octanol–water partition coefficient (Wildman–Crippen LogP) is 3.76. The fourth-order valence-electron chi connectivity index (χ4n) is 1.53. The molecule has 0 atom stereocenters. The molecule has 1 aromatic heterocycles. The van der Waals surface area contributed by atoms with E-state index >= 15 is 0 Å². The number of anilines is 1. The molecule has 5 heteroatoms. The summed E-state index contributed by atoms with van der Waals surface area (Å²) in [5.74, 6) is 0.997. The van der Waals surface area contributed by atoms with Crippen molar-refractivity contribution in [2.45, 2.75) is 0 Å². The summed E-state index contributed by atoms with van der Waals surface area (Å²) in [4.78, 5) is 11.9. The molecule has 1 aliphatic heterocycles. The number of halogens is 1. The van der Waals surface area contributed by atoms with Crippen molar-refractivity contribution in [1.82, 2.24) is 0 Å². The van der Waals surface area contributed by atoms with Crippen molar-refractivity contribution in [2.75, 3.05) is 5.32 Å². The Hall–Kier alpha value is -1.52. The Kier molecular flexibility index (Phi) is 2.12. The van der Waals surface area contributed by atoms with E-state index in [1.807, 2.05) is 11.4 Å². The van der Waals surface area contributed by atoms with Crippen molar-refractivity contribution >= 4 is 33.8 Å². The summed E-state index contributed by atoms with van der Waals surface area (Å²) in [5.41, 5.74) is 0.455. The molecule has 0 unspecified atom stereocenters. The van der Waals surface area contributed by atoms with Crippen LogP contribution in [0.2, 0.25) is 5.02 Å². The smallest absolute Gasteiger partial charge is 0.260 e. The number of hydrogen-bond donors (Lipinski definition) is 1. The molecule has 3 rings (SSSR count). The molecular formula is C11H6ClNO2S. The van der Waals surface area contributed by atoms with Crippen LogP contribution in [0, 0.1) is 0 Å². The molecule has 0 saturated carbocycles. The lowest BCUT2D eigenvalue weighted by molar-refractivity contribution is 0.102. The molecule has 3 nitrogen and oxygen atoms in total. The van der Waals surface area contributed by atoms with Gasteiger partial charge in [-0.15, -0.1) is 11.3 Å². The normalized spacial score (nSPS) is 13.2. The van der Waals surface area contributed by atoms with E-state index in [0.717, 1.165) is 5.00 Å². The summed E-state index contributed by atoms with van der Waals surface area (Å²) in [6, 6.07) is 6.82. The molecule has 0 bridgehead atoms. The quantitative estimate of drug-likeness (QED) is 0.774.